The standard InChI is InChI=1S/C14H13ClN2O2S2/c15-11-3-1-5-14(9-11)21(18,19)17-10-13-7-6-12(20-13)4-2-8-16/h1,3,5-7,9,17H,8,10,16H2. The minimum atomic E-state index is -3.57. The van der Waals surface area contributed by atoms with Crippen LogP contribution < -0.4 is 10.5 Å². The molecule has 0 atom stereocenters. The van der Waals surface area contributed by atoms with E-state index in [9.17, 15) is 8.42 Å². The van der Waals surface area contributed by atoms with E-state index in [0.717, 1.165) is 9.75 Å². The van der Waals surface area contributed by atoms with Gasteiger partial charge in [0.1, 0.15) is 0 Å². The Labute approximate surface area is 133 Å². The molecule has 0 bridgehead atoms. The van der Waals surface area contributed by atoms with Crippen molar-refractivity contribution in [3.8, 4) is 11.8 Å². The van der Waals surface area contributed by atoms with Gasteiger partial charge in [-0.2, -0.15) is 0 Å². The highest BCUT2D eigenvalue weighted by Crippen LogP contribution is 2.18. The predicted molar refractivity (Wildman–Crippen MR) is 85.7 cm³/mol. The minimum absolute atomic E-state index is 0.148. The van der Waals surface area contributed by atoms with Crippen LogP contribution in [-0.2, 0) is 16.6 Å². The van der Waals surface area contributed by atoms with E-state index >= 15 is 0 Å². The second-order valence-electron chi connectivity index (χ2n) is 4.05. The maximum Gasteiger partial charge on any atom is 0.240 e. The van der Waals surface area contributed by atoms with Crippen molar-refractivity contribution in [2.24, 2.45) is 5.73 Å². The molecule has 2 aromatic rings. The molecule has 1 aromatic heterocycles. The summed E-state index contributed by atoms with van der Waals surface area (Å²) in [6, 6.07) is 9.82. The minimum Gasteiger partial charge on any atom is -0.320 e. The molecule has 0 fully saturated rings. The highest BCUT2D eigenvalue weighted by Gasteiger charge is 2.14. The van der Waals surface area contributed by atoms with Crippen LogP contribution in [0.2, 0.25) is 5.02 Å². The van der Waals surface area contributed by atoms with Crippen molar-refractivity contribution in [1.82, 2.24) is 4.72 Å². The Morgan fingerprint density at radius 3 is 2.81 bits per heavy atom. The van der Waals surface area contributed by atoms with E-state index in [-0.39, 0.29) is 11.4 Å². The number of nitrogens with one attached hydrogen (secondary N) is 1. The molecule has 0 spiro atoms. The Hall–Kier alpha value is -1.36. The van der Waals surface area contributed by atoms with Gasteiger partial charge in [-0.25, -0.2) is 13.1 Å². The molecule has 7 heteroatoms. The third-order valence-corrected chi connectivity index (χ3v) is 5.15. The first-order valence-electron chi connectivity index (χ1n) is 6.04. The van der Waals surface area contributed by atoms with Crippen molar-refractivity contribution in [1.29, 1.82) is 0 Å². The molecule has 0 aliphatic heterocycles. The molecule has 2 rings (SSSR count). The van der Waals surface area contributed by atoms with Crippen molar-refractivity contribution in [3.63, 3.8) is 0 Å². The molecule has 3 N–H and O–H groups in total. The van der Waals surface area contributed by atoms with Crippen LogP contribution in [0, 0.1) is 11.8 Å². The molecule has 110 valence electrons. The van der Waals surface area contributed by atoms with Gasteiger partial charge in [-0.3, -0.25) is 0 Å². The number of sulfonamides is 1. The van der Waals surface area contributed by atoms with Gasteiger partial charge in [-0.15, -0.1) is 11.3 Å². The van der Waals surface area contributed by atoms with Crippen LogP contribution in [0.3, 0.4) is 0 Å². The Balaban J connectivity index is 2.07. The molecule has 21 heavy (non-hydrogen) atoms. The lowest BCUT2D eigenvalue weighted by Gasteiger charge is -2.05. The van der Waals surface area contributed by atoms with Crippen LogP contribution >= 0.6 is 22.9 Å². The second kappa shape index (κ2) is 7.07. The van der Waals surface area contributed by atoms with E-state index in [1.54, 1.807) is 12.1 Å². The highest BCUT2D eigenvalue weighted by molar-refractivity contribution is 7.89. The molecule has 1 aromatic carbocycles. The molecular formula is C14H13ClN2O2S2. The molecule has 0 amide bonds. The van der Waals surface area contributed by atoms with Gasteiger partial charge < -0.3 is 5.73 Å². The normalized spacial score (nSPS) is 11.0. The largest absolute Gasteiger partial charge is 0.320 e. The summed E-state index contributed by atoms with van der Waals surface area (Å²) in [6.07, 6.45) is 0. The monoisotopic (exact) mass is 340 g/mol. The van der Waals surface area contributed by atoms with Gasteiger partial charge in [0.05, 0.1) is 16.3 Å². The third kappa shape index (κ3) is 4.56. The van der Waals surface area contributed by atoms with Crippen molar-refractivity contribution in [2.75, 3.05) is 6.54 Å². The molecule has 0 saturated heterocycles. The van der Waals surface area contributed by atoms with Gasteiger partial charge >= 0.3 is 0 Å². The number of rotatable bonds is 4. The van der Waals surface area contributed by atoms with Gasteiger partial charge in [0.25, 0.3) is 0 Å². The number of halogens is 1. The lowest BCUT2D eigenvalue weighted by atomic mass is 10.4. The maximum absolute atomic E-state index is 12.1. The number of thiophene rings is 1. The first-order valence-corrected chi connectivity index (χ1v) is 8.72. The van der Waals surface area contributed by atoms with Gasteiger partial charge in [0.2, 0.25) is 10.0 Å². The maximum atomic E-state index is 12.1. The molecule has 0 aliphatic carbocycles. The zero-order valence-corrected chi connectivity index (χ0v) is 13.4. The van der Waals surface area contributed by atoms with Gasteiger partial charge in [-0.1, -0.05) is 29.5 Å². The Bertz CT molecular complexity index is 789. The quantitative estimate of drug-likeness (QED) is 0.838. The highest BCUT2D eigenvalue weighted by atomic mass is 35.5. The molecular weight excluding hydrogens is 328 g/mol. The number of nitrogens with two attached hydrogens (primary N) is 1. The lowest BCUT2D eigenvalue weighted by molar-refractivity contribution is 0.582. The number of hydrogen-bond donors (Lipinski definition) is 2. The molecule has 0 saturated carbocycles. The average molecular weight is 341 g/mol. The summed E-state index contributed by atoms with van der Waals surface area (Å²) >= 11 is 7.23. The topological polar surface area (TPSA) is 72.2 Å². The fourth-order valence-corrected chi connectivity index (χ4v) is 3.78. The molecule has 0 aliphatic rings. The van der Waals surface area contributed by atoms with Crippen LogP contribution in [0.25, 0.3) is 0 Å². The summed E-state index contributed by atoms with van der Waals surface area (Å²) in [7, 11) is -3.57. The first-order chi connectivity index (χ1) is 10.0. The van der Waals surface area contributed by atoms with Crippen LogP contribution in [0.5, 0.6) is 0 Å². The van der Waals surface area contributed by atoms with E-state index in [1.165, 1.54) is 23.5 Å². The summed E-state index contributed by atoms with van der Waals surface area (Å²) < 4.78 is 26.8. The number of hydrogen-bond acceptors (Lipinski definition) is 4. The van der Waals surface area contributed by atoms with Crippen LogP contribution in [0.1, 0.15) is 9.75 Å². The summed E-state index contributed by atoms with van der Waals surface area (Å²) in [5, 5.41) is 0.383. The van der Waals surface area contributed by atoms with Crippen LogP contribution in [0.15, 0.2) is 41.3 Å². The van der Waals surface area contributed by atoms with Crippen LogP contribution in [0.4, 0.5) is 0 Å². The Morgan fingerprint density at radius 2 is 2.10 bits per heavy atom. The van der Waals surface area contributed by atoms with E-state index in [4.69, 9.17) is 17.3 Å². The zero-order chi connectivity index (χ0) is 15.3. The fraction of sp³-hybridized carbons (Fsp3) is 0.143. The zero-order valence-electron chi connectivity index (χ0n) is 11.0. The van der Waals surface area contributed by atoms with Gasteiger partial charge in [0, 0.05) is 16.4 Å². The predicted octanol–water partition coefficient (Wildman–Crippen LogP) is 2.19. The Morgan fingerprint density at radius 1 is 1.29 bits per heavy atom. The van der Waals surface area contributed by atoms with Gasteiger partial charge in [0.15, 0.2) is 0 Å². The SMILES string of the molecule is NCC#Cc1ccc(CNS(=O)(=O)c2cccc(Cl)c2)s1. The molecule has 0 radical (unpaired) electrons. The van der Waals surface area contributed by atoms with Gasteiger partial charge in [-0.05, 0) is 30.3 Å². The average Bonchev–Trinajstić information content (AvgIpc) is 2.91. The Kier molecular flexibility index (Phi) is 5.39. The summed E-state index contributed by atoms with van der Waals surface area (Å²) in [5.74, 6) is 5.67. The lowest BCUT2D eigenvalue weighted by Crippen LogP contribution is -2.22. The van der Waals surface area contributed by atoms with Crippen molar-refractivity contribution in [2.45, 2.75) is 11.4 Å². The molecule has 4 nitrogen and oxygen atoms in total. The summed E-state index contributed by atoms with van der Waals surface area (Å²) in [5.41, 5.74) is 5.30. The smallest absolute Gasteiger partial charge is 0.240 e. The van der Waals surface area contributed by atoms with Crippen molar-refractivity contribution in [3.05, 3.63) is 51.2 Å². The van der Waals surface area contributed by atoms with E-state index in [0.29, 0.717) is 11.6 Å². The van der Waals surface area contributed by atoms with Crippen molar-refractivity contribution < 1.29 is 8.42 Å². The van der Waals surface area contributed by atoms with Crippen LogP contribution in [-0.4, -0.2) is 15.0 Å². The fourth-order valence-electron chi connectivity index (χ4n) is 1.56. The van der Waals surface area contributed by atoms with E-state index < -0.39 is 10.0 Å². The number of benzene rings is 1. The molecule has 0 unspecified atom stereocenters. The second-order valence-corrected chi connectivity index (χ2v) is 7.43. The van der Waals surface area contributed by atoms with E-state index in [1.807, 2.05) is 12.1 Å². The first kappa shape index (κ1) is 16.0. The van der Waals surface area contributed by atoms with Crippen molar-refractivity contribution >= 4 is 33.0 Å². The molecule has 1 heterocycles. The summed E-state index contributed by atoms with van der Waals surface area (Å²) in [6.45, 7) is 0.512. The third-order valence-electron chi connectivity index (χ3n) is 2.52. The summed E-state index contributed by atoms with van der Waals surface area (Å²) in [4.78, 5) is 1.88. The van der Waals surface area contributed by atoms with E-state index in [2.05, 4.69) is 16.6 Å².